The van der Waals surface area contributed by atoms with Crippen LogP contribution in [0.3, 0.4) is 0 Å². The second kappa shape index (κ2) is 5.14. The van der Waals surface area contributed by atoms with Crippen molar-refractivity contribution in [3.05, 3.63) is 0 Å². The Hall–Kier alpha value is -0.680. The molecule has 0 spiro atoms. The Morgan fingerprint density at radius 3 is 3.08 bits per heavy atom. The zero-order valence-corrected chi connectivity index (χ0v) is 8.36. The molecule has 74 valence electrons. The third-order valence-electron chi connectivity index (χ3n) is 1.89. The number of hydrogen-bond donors (Lipinski definition) is 1. The second-order valence-corrected chi connectivity index (χ2v) is 3.24. The van der Waals surface area contributed by atoms with Crippen LogP contribution in [0, 0.1) is 0 Å². The molecule has 1 aliphatic heterocycles. The SMILES string of the molecule is COC(=O)C(=S)NCC1CCCO1. The van der Waals surface area contributed by atoms with E-state index < -0.39 is 5.97 Å². The average molecular weight is 203 g/mol. The lowest BCUT2D eigenvalue weighted by Crippen LogP contribution is -2.35. The highest BCUT2D eigenvalue weighted by Crippen LogP contribution is 2.10. The van der Waals surface area contributed by atoms with Gasteiger partial charge < -0.3 is 14.8 Å². The summed E-state index contributed by atoms with van der Waals surface area (Å²) in [5.41, 5.74) is 0. The molecule has 1 atom stereocenters. The molecular formula is C8H13NO3S. The lowest BCUT2D eigenvalue weighted by Gasteiger charge is -2.10. The van der Waals surface area contributed by atoms with Gasteiger partial charge in [0.05, 0.1) is 13.2 Å². The maximum atomic E-state index is 10.8. The predicted molar refractivity (Wildman–Crippen MR) is 51.6 cm³/mol. The summed E-state index contributed by atoms with van der Waals surface area (Å²) in [5.74, 6) is -0.493. The molecule has 0 radical (unpaired) electrons. The quantitative estimate of drug-likeness (QED) is 0.515. The molecular weight excluding hydrogens is 190 g/mol. The normalized spacial score (nSPS) is 21.2. The van der Waals surface area contributed by atoms with Gasteiger partial charge in [-0.1, -0.05) is 12.2 Å². The molecule has 0 saturated carbocycles. The Kier molecular flexibility index (Phi) is 4.11. The first-order chi connectivity index (χ1) is 6.24. The minimum absolute atomic E-state index is 0.123. The number of thiocarbonyl (C=S) groups is 1. The molecule has 13 heavy (non-hydrogen) atoms. The summed E-state index contributed by atoms with van der Waals surface area (Å²) in [7, 11) is 1.31. The van der Waals surface area contributed by atoms with E-state index in [2.05, 4.69) is 10.1 Å². The molecule has 0 bridgehead atoms. The lowest BCUT2D eigenvalue weighted by atomic mass is 10.2. The fourth-order valence-electron chi connectivity index (χ4n) is 1.18. The van der Waals surface area contributed by atoms with Gasteiger partial charge in [-0.15, -0.1) is 0 Å². The van der Waals surface area contributed by atoms with Gasteiger partial charge in [-0.2, -0.15) is 0 Å². The maximum Gasteiger partial charge on any atom is 0.365 e. The Morgan fingerprint density at radius 2 is 2.54 bits per heavy atom. The molecule has 0 aliphatic carbocycles. The van der Waals surface area contributed by atoms with Gasteiger partial charge in [0.25, 0.3) is 0 Å². The van der Waals surface area contributed by atoms with E-state index in [-0.39, 0.29) is 11.1 Å². The average Bonchev–Trinajstić information content (AvgIpc) is 2.65. The predicted octanol–water partition coefficient (Wildman–Crippen LogP) is 0.255. The number of nitrogens with one attached hydrogen (secondary N) is 1. The van der Waals surface area contributed by atoms with Crippen LogP contribution in [0.15, 0.2) is 0 Å². The van der Waals surface area contributed by atoms with Crippen LogP contribution in [0.25, 0.3) is 0 Å². The van der Waals surface area contributed by atoms with Crippen molar-refractivity contribution in [3.63, 3.8) is 0 Å². The highest BCUT2D eigenvalue weighted by atomic mass is 32.1. The zero-order chi connectivity index (χ0) is 9.68. The molecule has 1 rings (SSSR count). The Bertz CT molecular complexity index is 202. The van der Waals surface area contributed by atoms with Gasteiger partial charge in [0.1, 0.15) is 0 Å². The van der Waals surface area contributed by atoms with Crippen molar-refractivity contribution in [1.82, 2.24) is 5.32 Å². The maximum absolute atomic E-state index is 10.8. The Morgan fingerprint density at radius 1 is 1.77 bits per heavy atom. The Balaban J connectivity index is 2.17. The van der Waals surface area contributed by atoms with Gasteiger partial charge in [-0.3, -0.25) is 0 Å². The summed E-state index contributed by atoms with van der Waals surface area (Å²) in [5, 5.41) is 2.81. The van der Waals surface area contributed by atoms with Crippen LogP contribution >= 0.6 is 12.2 Å². The highest BCUT2D eigenvalue weighted by Gasteiger charge is 2.17. The fourth-order valence-corrected chi connectivity index (χ4v) is 1.34. The van der Waals surface area contributed by atoms with E-state index in [0.717, 1.165) is 19.4 Å². The van der Waals surface area contributed by atoms with Crippen molar-refractivity contribution in [2.24, 2.45) is 0 Å². The third-order valence-corrected chi connectivity index (χ3v) is 2.20. The number of esters is 1. The van der Waals surface area contributed by atoms with E-state index in [1.807, 2.05) is 0 Å². The second-order valence-electron chi connectivity index (χ2n) is 2.84. The topological polar surface area (TPSA) is 47.6 Å². The molecule has 1 fully saturated rings. The van der Waals surface area contributed by atoms with Crippen LogP contribution in [0.4, 0.5) is 0 Å². The number of carbonyl (C=O) groups excluding carboxylic acids is 1. The van der Waals surface area contributed by atoms with Crippen molar-refractivity contribution in [3.8, 4) is 0 Å². The summed E-state index contributed by atoms with van der Waals surface area (Å²) in [4.78, 5) is 11.0. The van der Waals surface area contributed by atoms with Gasteiger partial charge in [0, 0.05) is 13.2 Å². The minimum atomic E-state index is -0.493. The molecule has 5 heteroatoms. The molecule has 0 amide bonds. The van der Waals surface area contributed by atoms with Crippen LogP contribution in [-0.4, -0.2) is 37.3 Å². The van der Waals surface area contributed by atoms with E-state index in [1.165, 1.54) is 7.11 Å². The number of methoxy groups -OCH3 is 1. The largest absolute Gasteiger partial charge is 0.464 e. The van der Waals surface area contributed by atoms with Gasteiger partial charge in [0.2, 0.25) is 0 Å². The van der Waals surface area contributed by atoms with Gasteiger partial charge in [-0.25, -0.2) is 4.79 Å². The van der Waals surface area contributed by atoms with E-state index in [9.17, 15) is 4.79 Å². The number of hydrogen-bond acceptors (Lipinski definition) is 4. The summed E-state index contributed by atoms with van der Waals surface area (Å²) in [6.45, 7) is 1.39. The molecule has 1 N–H and O–H groups in total. The molecule has 0 aromatic heterocycles. The van der Waals surface area contributed by atoms with Crippen molar-refractivity contribution >= 4 is 23.2 Å². The monoisotopic (exact) mass is 203 g/mol. The molecule has 1 unspecified atom stereocenters. The lowest BCUT2D eigenvalue weighted by molar-refractivity contribution is -0.132. The van der Waals surface area contributed by atoms with Gasteiger partial charge in [-0.05, 0) is 12.8 Å². The van der Waals surface area contributed by atoms with Crippen LogP contribution < -0.4 is 5.32 Å². The summed E-state index contributed by atoms with van der Waals surface area (Å²) >= 11 is 4.77. The smallest absolute Gasteiger partial charge is 0.365 e. The molecule has 1 aliphatic rings. The third kappa shape index (κ3) is 3.28. The minimum Gasteiger partial charge on any atom is -0.464 e. The zero-order valence-electron chi connectivity index (χ0n) is 7.54. The highest BCUT2D eigenvalue weighted by molar-refractivity contribution is 7.81. The summed E-state index contributed by atoms with van der Waals surface area (Å²) in [6.07, 6.45) is 2.29. The van der Waals surface area contributed by atoms with E-state index in [1.54, 1.807) is 0 Å². The van der Waals surface area contributed by atoms with E-state index in [4.69, 9.17) is 17.0 Å². The van der Waals surface area contributed by atoms with Gasteiger partial charge >= 0.3 is 5.97 Å². The Labute approximate surface area is 82.6 Å². The first-order valence-electron chi connectivity index (χ1n) is 4.22. The number of carbonyl (C=O) groups is 1. The molecule has 0 aromatic rings. The van der Waals surface area contributed by atoms with Crippen molar-refractivity contribution in [1.29, 1.82) is 0 Å². The molecule has 4 nitrogen and oxygen atoms in total. The standard InChI is InChI=1S/C8H13NO3S/c1-11-8(10)7(13)9-5-6-3-2-4-12-6/h6H,2-5H2,1H3,(H,9,13). The van der Waals surface area contributed by atoms with Crippen molar-refractivity contribution < 1.29 is 14.3 Å². The first kappa shape index (κ1) is 10.4. The molecule has 1 heterocycles. The summed E-state index contributed by atoms with van der Waals surface area (Å²) < 4.78 is 9.79. The fraction of sp³-hybridized carbons (Fsp3) is 0.750. The van der Waals surface area contributed by atoms with Crippen LogP contribution in [0.1, 0.15) is 12.8 Å². The molecule has 0 aromatic carbocycles. The van der Waals surface area contributed by atoms with Crippen LogP contribution in [0.2, 0.25) is 0 Å². The number of ether oxygens (including phenoxy) is 2. The van der Waals surface area contributed by atoms with Crippen molar-refractivity contribution in [2.75, 3.05) is 20.3 Å². The van der Waals surface area contributed by atoms with Crippen LogP contribution in [0.5, 0.6) is 0 Å². The van der Waals surface area contributed by atoms with Gasteiger partial charge in [0.15, 0.2) is 4.99 Å². The van der Waals surface area contributed by atoms with E-state index in [0.29, 0.717) is 6.54 Å². The molecule has 1 saturated heterocycles. The van der Waals surface area contributed by atoms with Crippen molar-refractivity contribution in [2.45, 2.75) is 18.9 Å². The van der Waals surface area contributed by atoms with Crippen LogP contribution in [-0.2, 0) is 14.3 Å². The number of rotatable bonds is 2. The van der Waals surface area contributed by atoms with E-state index >= 15 is 0 Å². The first-order valence-corrected chi connectivity index (χ1v) is 4.62. The summed E-state index contributed by atoms with van der Waals surface area (Å²) in [6, 6.07) is 0.